The maximum absolute atomic E-state index is 12.4. The van der Waals surface area contributed by atoms with Crippen molar-refractivity contribution in [2.24, 2.45) is 0 Å². The topological polar surface area (TPSA) is 126 Å². The molecule has 6 rings (SSSR count). The highest BCUT2D eigenvalue weighted by atomic mass is 79.9. The van der Waals surface area contributed by atoms with E-state index in [-0.39, 0.29) is 39.9 Å². The highest BCUT2D eigenvalue weighted by molar-refractivity contribution is 6.58. The van der Waals surface area contributed by atoms with Gasteiger partial charge in [-0.3, -0.25) is 4.79 Å². The van der Waals surface area contributed by atoms with Crippen molar-refractivity contribution in [3.8, 4) is 11.1 Å². The number of pyridine rings is 4. The molecule has 4 aromatic heterocycles. The minimum absolute atomic E-state index is 0. The molecule has 0 aliphatic rings. The number of aromatic nitrogens is 4. The van der Waals surface area contributed by atoms with Crippen LogP contribution in [0.4, 0.5) is 0 Å². The predicted molar refractivity (Wildman–Crippen MR) is 201 cm³/mol. The Hall–Kier alpha value is -4.82. The number of rotatable bonds is 14. The molecule has 14 heteroatoms. The zero-order chi connectivity index (χ0) is 37.3. The van der Waals surface area contributed by atoms with Crippen molar-refractivity contribution in [1.82, 2.24) is 5.32 Å². The second-order valence-electron chi connectivity index (χ2n) is 13.3. The zero-order valence-corrected chi connectivity index (χ0v) is 33.6. The summed E-state index contributed by atoms with van der Waals surface area (Å²) in [5.41, 5.74) is 8.85. The Morgan fingerprint density at radius 2 is 1.04 bits per heavy atom. The van der Waals surface area contributed by atoms with Gasteiger partial charge in [-0.15, -0.1) is 0 Å². The first-order chi connectivity index (χ1) is 25.6. The Balaban J connectivity index is 0.00000336. The number of halogens is 2. The predicted octanol–water partition coefficient (Wildman–Crippen LogP) is -5.74. The smallest absolute Gasteiger partial charge is 0.494 e. The third-order valence-electron chi connectivity index (χ3n) is 9.02. The summed E-state index contributed by atoms with van der Waals surface area (Å²) < 4.78 is 8.11. The summed E-state index contributed by atoms with van der Waals surface area (Å²) in [6, 6.07) is 32.1. The van der Waals surface area contributed by atoms with Crippen LogP contribution < -0.4 is 68.5 Å². The zero-order valence-electron chi connectivity index (χ0n) is 30.4. The number of carbonyl (C=O) groups excluding carboxylic acids is 1. The summed E-state index contributed by atoms with van der Waals surface area (Å²) in [4.78, 5) is 12.4. The summed E-state index contributed by atoms with van der Waals surface area (Å²) in [5.74, 6) is -0.190. The van der Waals surface area contributed by atoms with Crippen molar-refractivity contribution in [3.05, 3.63) is 181 Å². The molecule has 0 bridgehead atoms. The largest absolute Gasteiger partial charge is 1.00 e. The molecule has 0 spiro atoms. The molecule has 10 nitrogen and oxygen atoms in total. The van der Waals surface area contributed by atoms with Crippen LogP contribution in [0, 0.1) is 0 Å². The average Bonchev–Trinajstić information content (AvgIpc) is 3.16. The van der Waals surface area contributed by atoms with E-state index >= 15 is 0 Å². The van der Waals surface area contributed by atoms with Gasteiger partial charge in [0.2, 0.25) is 11.6 Å². The van der Waals surface area contributed by atoms with E-state index < -0.39 is 14.2 Å². The first-order valence-corrected chi connectivity index (χ1v) is 17.4. The molecular weight excluding hydrogens is 824 g/mol. The van der Waals surface area contributed by atoms with Crippen LogP contribution in [0.5, 0.6) is 0 Å². The first kappa shape index (κ1) is 42.9. The molecule has 6 aromatic rings. The molecular formula is C41H43B2Br2N5O5+2. The molecule has 0 atom stereocenters. The fourth-order valence-electron chi connectivity index (χ4n) is 6.06. The highest BCUT2D eigenvalue weighted by Gasteiger charge is 2.18. The van der Waals surface area contributed by atoms with Gasteiger partial charge >= 0.3 is 14.2 Å². The number of nitrogens with zero attached hydrogens (tertiary/aromatic N) is 4. The number of benzene rings is 2. The van der Waals surface area contributed by atoms with Gasteiger partial charge in [-0.1, -0.05) is 67.2 Å². The van der Waals surface area contributed by atoms with Gasteiger partial charge in [0.05, 0.1) is 0 Å². The molecule has 55 heavy (non-hydrogen) atoms. The van der Waals surface area contributed by atoms with Crippen LogP contribution in [-0.4, -0.2) is 40.2 Å². The molecule has 0 saturated carbocycles. The molecule has 0 unspecified atom stereocenters. The van der Waals surface area contributed by atoms with Crippen LogP contribution in [0.15, 0.2) is 153 Å². The average molecular weight is 867 g/mol. The third kappa shape index (κ3) is 12.1. The summed E-state index contributed by atoms with van der Waals surface area (Å²) >= 11 is 0. The Morgan fingerprint density at radius 3 is 1.49 bits per heavy atom. The highest BCUT2D eigenvalue weighted by Crippen LogP contribution is 2.18. The van der Waals surface area contributed by atoms with Crippen LogP contribution >= 0.6 is 0 Å². The lowest BCUT2D eigenvalue weighted by atomic mass is 9.82. The molecule has 0 aliphatic heterocycles. The molecule has 0 aliphatic carbocycles. The number of amides is 1. The monoisotopic (exact) mass is 865 g/mol. The van der Waals surface area contributed by atoms with Crippen LogP contribution in [0.25, 0.3) is 11.1 Å². The van der Waals surface area contributed by atoms with Gasteiger partial charge in [0.25, 0.3) is 0 Å². The Kier molecular flexibility index (Phi) is 15.8. The minimum Gasteiger partial charge on any atom is -1.00 e. The lowest BCUT2D eigenvalue weighted by Crippen LogP contribution is -3.00. The van der Waals surface area contributed by atoms with E-state index in [4.69, 9.17) is 0 Å². The summed E-state index contributed by atoms with van der Waals surface area (Å²) in [6.45, 7) is 8.36. The van der Waals surface area contributed by atoms with Gasteiger partial charge in [-0.25, -0.2) is 13.7 Å². The lowest BCUT2D eigenvalue weighted by molar-refractivity contribution is -0.695. The van der Waals surface area contributed by atoms with Gasteiger partial charge in [-0.05, 0) is 18.1 Å². The van der Waals surface area contributed by atoms with Crippen LogP contribution in [-0.2, 0) is 37.5 Å². The van der Waals surface area contributed by atoms with Crippen molar-refractivity contribution >= 4 is 31.1 Å². The molecule has 0 radical (unpaired) electrons. The van der Waals surface area contributed by atoms with E-state index in [1.807, 2.05) is 21.5 Å². The molecule has 0 fully saturated rings. The van der Waals surface area contributed by atoms with Crippen LogP contribution in [0.3, 0.4) is 0 Å². The second-order valence-corrected chi connectivity index (χ2v) is 13.3. The SMILES string of the molecule is C=C(C)C(=O)NCc1cc(-c2cc[n+](Cc3ccc(C[n+]4cccc(B(O)O)c4)cc3)cc2)cc[n+]1Cc1ccc(C[n+]2cccc(B(O)O)c2)cc1.[Br-].[Br-]. The fraction of sp³-hybridized carbons (Fsp3) is 0.146. The summed E-state index contributed by atoms with van der Waals surface area (Å²) in [7, 11) is -3.01. The van der Waals surface area contributed by atoms with Gasteiger partial charge in [0.15, 0.2) is 69.6 Å². The maximum atomic E-state index is 12.4. The van der Waals surface area contributed by atoms with E-state index in [9.17, 15) is 24.9 Å². The van der Waals surface area contributed by atoms with Gasteiger partial charge < -0.3 is 59.4 Å². The fourth-order valence-corrected chi connectivity index (χ4v) is 6.06. The number of carbonyl (C=O) groups is 1. The van der Waals surface area contributed by atoms with Crippen molar-refractivity contribution in [3.63, 3.8) is 0 Å². The van der Waals surface area contributed by atoms with E-state index in [0.29, 0.717) is 49.2 Å². The number of hydrogen-bond donors (Lipinski definition) is 5. The van der Waals surface area contributed by atoms with Gasteiger partial charge in [0, 0.05) is 75.2 Å². The van der Waals surface area contributed by atoms with Crippen molar-refractivity contribution in [2.45, 2.75) is 39.6 Å². The van der Waals surface area contributed by atoms with Gasteiger partial charge in [0.1, 0.15) is 6.54 Å². The quantitative estimate of drug-likeness (QED) is 0.0425. The summed E-state index contributed by atoms with van der Waals surface area (Å²) in [6.07, 6.45) is 13.4. The Morgan fingerprint density at radius 1 is 0.600 bits per heavy atom. The minimum atomic E-state index is -1.51. The third-order valence-corrected chi connectivity index (χ3v) is 9.02. The normalized spacial score (nSPS) is 10.5. The Labute approximate surface area is 343 Å². The van der Waals surface area contributed by atoms with E-state index in [0.717, 1.165) is 39.1 Å². The number of nitrogens with one attached hydrogen (secondary N) is 1. The van der Waals surface area contributed by atoms with Crippen LogP contribution in [0.2, 0.25) is 0 Å². The molecule has 280 valence electrons. The van der Waals surface area contributed by atoms with Crippen molar-refractivity contribution in [1.29, 1.82) is 0 Å². The van der Waals surface area contributed by atoms with Gasteiger partial charge in [-0.2, -0.15) is 4.57 Å². The number of hydrogen-bond acceptors (Lipinski definition) is 5. The molecule has 5 N–H and O–H groups in total. The van der Waals surface area contributed by atoms with E-state index in [1.54, 1.807) is 43.6 Å². The lowest BCUT2D eigenvalue weighted by Gasteiger charge is -2.09. The maximum Gasteiger partial charge on any atom is 0.494 e. The van der Waals surface area contributed by atoms with Crippen LogP contribution in [0.1, 0.15) is 34.9 Å². The summed E-state index contributed by atoms with van der Waals surface area (Å²) in [5, 5.41) is 40.9. The Bertz CT molecular complexity index is 2210. The standard InChI is InChI=1S/C41H42B2N5O5.2BrH/c1-31(2)41(49)44-24-40-23-37(17-22-48(40)28-35-13-11-34(12-14-35)27-47-19-4-6-39(30-47)43(52)53)36-15-20-45(21-16-36)25-32-7-9-33(10-8-32)26-46-18-3-5-38(29-46)42(50)51;;/h3-23,29-30,50-53H,1,24-28H2,2H3;2*1H/q+3;;/p-1. The molecule has 1 amide bonds. The molecule has 4 heterocycles. The molecule has 2 aromatic carbocycles. The molecule has 0 saturated heterocycles. The van der Waals surface area contributed by atoms with Crippen molar-refractivity contribution < 1.29 is 77.1 Å². The second kappa shape index (κ2) is 20.2. The van der Waals surface area contributed by atoms with Crippen molar-refractivity contribution in [2.75, 3.05) is 0 Å². The first-order valence-electron chi connectivity index (χ1n) is 17.4. The van der Waals surface area contributed by atoms with E-state index in [1.165, 1.54) is 0 Å². The van der Waals surface area contributed by atoms with E-state index in [2.05, 4.69) is 112 Å².